The van der Waals surface area contributed by atoms with Crippen LogP contribution in [-0.4, -0.2) is 15.7 Å². The number of nitrogens with two attached hydrogens (primary N) is 1. The normalized spacial score (nSPS) is 11.4. The number of hydrogen-bond acceptors (Lipinski definition) is 3. The van der Waals surface area contributed by atoms with E-state index in [-0.39, 0.29) is 5.41 Å². The number of primary amides is 1. The maximum atomic E-state index is 11.7. The molecule has 0 aliphatic rings. The third-order valence-electron chi connectivity index (χ3n) is 4.28. The summed E-state index contributed by atoms with van der Waals surface area (Å²) >= 11 is 0. The van der Waals surface area contributed by atoms with Gasteiger partial charge in [-0.05, 0) is 30.7 Å². The van der Waals surface area contributed by atoms with Gasteiger partial charge in [0, 0.05) is 11.5 Å². The predicted molar refractivity (Wildman–Crippen MR) is 105 cm³/mol. The van der Waals surface area contributed by atoms with Crippen molar-refractivity contribution in [1.82, 2.24) is 9.78 Å². The number of aromatic nitrogens is 2. The minimum Gasteiger partial charge on any atom is -0.366 e. The second-order valence-corrected chi connectivity index (χ2v) is 7.40. The lowest BCUT2D eigenvalue weighted by atomic mass is 9.92. The molecule has 0 unspecified atom stereocenters. The highest BCUT2D eigenvalue weighted by Crippen LogP contribution is 2.30. The van der Waals surface area contributed by atoms with E-state index in [1.165, 1.54) is 0 Å². The van der Waals surface area contributed by atoms with E-state index in [2.05, 4.69) is 39.1 Å². The summed E-state index contributed by atoms with van der Waals surface area (Å²) in [6.45, 7) is 8.42. The van der Waals surface area contributed by atoms with Crippen LogP contribution in [0.5, 0.6) is 0 Å². The molecule has 0 aliphatic carbocycles. The molecule has 0 bridgehead atoms. The number of anilines is 2. The van der Waals surface area contributed by atoms with E-state index in [4.69, 9.17) is 10.8 Å². The molecule has 0 saturated heterocycles. The molecule has 0 radical (unpaired) electrons. The van der Waals surface area contributed by atoms with Crippen molar-refractivity contribution in [2.45, 2.75) is 33.1 Å². The smallest absolute Gasteiger partial charge is 0.250 e. The highest BCUT2D eigenvalue weighted by Gasteiger charge is 2.21. The molecule has 0 spiro atoms. The number of hydrogen-bond donors (Lipinski definition) is 2. The topological polar surface area (TPSA) is 72.9 Å². The largest absolute Gasteiger partial charge is 0.366 e. The van der Waals surface area contributed by atoms with Crippen LogP contribution >= 0.6 is 0 Å². The van der Waals surface area contributed by atoms with Crippen LogP contribution in [0, 0.1) is 6.92 Å². The Bertz CT molecular complexity index is 951. The first-order valence-electron chi connectivity index (χ1n) is 8.60. The quantitative estimate of drug-likeness (QED) is 0.737. The average molecular weight is 348 g/mol. The van der Waals surface area contributed by atoms with E-state index >= 15 is 0 Å². The molecule has 3 N–H and O–H groups in total. The Morgan fingerprint density at radius 2 is 1.73 bits per heavy atom. The Labute approximate surface area is 153 Å². The Balaban J connectivity index is 2.14. The minimum atomic E-state index is -0.467. The molecule has 0 fully saturated rings. The van der Waals surface area contributed by atoms with E-state index < -0.39 is 5.91 Å². The molecule has 26 heavy (non-hydrogen) atoms. The molecule has 0 atom stereocenters. The summed E-state index contributed by atoms with van der Waals surface area (Å²) in [7, 11) is 0. The summed E-state index contributed by atoms with van der Waals surface area (Å²) in [6.07, 6.45) is 0. The fourth-order valence-electron chi connectivity index (χ4n) is 2.77. The molecule has 0 aliphatic heterocycles. The van der Waals surface area contributed by atoms with Crippen molar-refractivity contribution < 1.29 is 4.79 Å². The molecular formula is C21H24N4O. The van der Waals surface area contributed by atoms with Gasteiger partial charge < -0.3 is 11.1 Å². The maximum absolute atomic E-state index is 11.7. The van der Waals surface area contributed by atoms with E-state index in [0.29, 0.717) is 11.3 Å². The van der Waals surface area contributed by atoms with E-state index in [1.807, 2.05) is 41.1 Å². The number of aryl methyl sites for hydroxylation is 1. The summed E-state index contributed by atoms with van der Waals surface area (Å²) < 4.78 is 1.88. The zero-order valence-corrected chi connectivity index (χ0v) is 15.6. The van der Waals surface area contributed by atoms with Crippen LogP contribution < -0.4 is 11.1 Å². The van der Waals surface area contributed by atoms with Crippen LogP contribution in [0.3, 0.4) is 0 Å². The number of nitrogens with one attached hydrogen (secondary N) is 1. The minimum absolute atomic E-state index is 0.104. The molecule has 2 aromatic carbocycles. The van der Waals surface area contributed by atoms with Crippen molar-refractivity contribution in [3.05, 3.63) is 71.4 Å². The first kappa shape index (κ1) is 17.7. The van der Waals surface area contributed by atoms with Gasteiger partial charge in [0.1, 0.15) is 5.82 Å². The first-order valence-corrected chi connectivity index (χ1v) is 8.60. The molecule has 1 aromatic heterocycles. The Morgan fingerprint density at radius 3 is 2.38 bits per heavy atom. The van der Waals surface area contributed by atoms with E-state index in [9.17, 15) is 4.79 Å². The second-order valence-electron chi connectivity index (χ2n) is 7.40. The molecule has 134 valence electrons. The Hall–Kier alpha value is -3.08. The summed E-state index contributed by atoms with van der Waals surface area (Å²) in [6, 6.07) is 17.3. The maximum Gasteiger partial charge on any atom is 0.250 e. The molecular weight excluding hydrogens is 324 g/mol. The van der Waals surface area contributed by atoms with Crippen LogP contribution in [0.4, 0.5) is 11.5 Å². The number of para-hydroxylation sites is 2. The number of rotatable bonds is 4. The van der Waals surface area contributed by atoms with E-state index in [0.717, 1.165) is 22.8 Å². The van der Waals surface area contributed by atoms with Gasteiger partial charge in [-0.2, -0.15) is 5.10 Å². The molecule has 3 aromatic rings. The zero-order valence-electron chi connectivity index (χ0n) is 15.6. The average Bonchev–Trinajstić information content (AvgIpc) is 2.99. The molecule has 1 amide bonds. The van der Waals surface area contributed by atoms with Gasteiger partial charge in [0.2, 0.25) is 0 Å². The lowest BCUT2D eigenvalue weighted by Crippen LogP contribution is -2.14. The fourth-order valence-corrected chi connectivity index (χ4v) is 2.77. The summed E-state index contributed by atoms with van der Waals surface area (Å²) in [5.41, 5.74) is 9.58. The number of carbonyl (C=O) groups excluding carboxylic acids is 1. The van der Waals surface area contributed by atoms with Gasteiger partial charge in [-0.15, -0.1) is 0 Å². The summed E-state index contributed by atoms with van der Waals surface area (Å²) in [4.78, 5) is 11.7. The Kier molecular flexibility index (Phi) is 4.55. The predicted octanol–water partition coefficient (Wildman–Crippen LogP) is 4.32. The standard InChI is InChI=1S/C21H24N4O/c1-14-9-5-8-12-17(14)25-19(13-18(24-25)21(2,3)4)23-16-11-7-6-10-15(16)20(22)26/h5-13,23H,1-4H3,(H2,22,26). The van der Waals surface area contributed by atoms with Crippen molar-refractivity contribution >= 4 is 17.4 Å². The molecule has 0 saturated carbocycles. The van der Waals surface area contributed by atoms with Crippen molar-refractivity contribution in [1.29, 1.82) is 0 Å². The number of amides is 1. The van der Waals surface area contributed by atoms with Crippen molar-refractivity contribution in [3.63, 3.8) is 0 Å². The van der Waals surface area contributed by atoms with Gasteiger partial charge in [-0.3, -0.25) is 4.79 Å². The monoisotopic (exact) mass is 348 g/mol. The number of benzene rings is 2. The van der Waals surface area contributed by atoms with Gasteiger partial charge in [0.25, 0.3) is 5.91 Å². The number of carbonyl (C=O) groups is 1. The van der Waals surface area contributed by atoms with E-state index in [1.54, 1.807) is 12.1 Å². The summed E-state index contributed by atoms with van der Waals surface area (Å²) in [5.74, 6) is 0.323. The van der Waals surface area contributed by atoms with Crippen LogP contribution in [0.25, 0.3) is 5.69 Å². The molecule has 5 heteroatoms. The zero-order chi connectivity index (χ0) is 18.9. The lowest BCUT2D eigenvalue weighted by molar-refractivity contribution is 0.100. The van der Waals surface area contributed by atoms with Crippen molar-refractivity contribution in [2.24, 2.45) is 5.73 Å². The number of nitrogens with zero attached hydrogens (tertiary/aromatic N) is 2. The molecule has 5 nitrogen and oxygen atoms in total. The second kappa shape index (κ2) is 6.67. The van der Waals surface area contributed by atoms with Gasteiger partial charge in [-0.25, -0.2) is 4.68 Å². The lowest BCUT2D eigenvalue weighted by Gasteiger charge is -2.14. The highest BCUT2D eigenvalue weighted by molar-refractivity contribution is 5.99. The third-order valence-corrected chi connectivity index (χ3v) is 4.28. The van der Waals surface area contributed by atoms with Gasteiger partial charge in [0.05, 0.1) is 22.6 Å². The van der Waals surface area contributed by atoms with Crippen LogP contribution in [0.15, 0.2) is 54.6 Å². The van der Waals surface area contributed by atoms with Crippen molar-refractivity contribution in [3.8, 4) is 5.69 Å². The first-order chi connectivity index (χ1) is 12.3. The van der Waals surface area contributed by atoms with Crippen LogP contribution in [0.2, 0.25) is 0 Å². The SMILES string of the molecule is Cc1ccccc1-n1nc(C(C)(C)C)cc1Nc1ccccc1C(N)=O. The van der Waals surface area contributed by atoms with Gasteiger partial charge in [0.15, 0.2) is 0 Å². The molecule has 1 heterocycles. The van der Waals surface area contributed by atoms with Crippen molar-refractivity contribution in [2.75, 3.05) is 5.32 Å². The summed E-state index contributed by atoms with van der Waals surface area (Å²) in [5, 5.41) is 8.16. The van der Waals surface area contributed by atoms with Crippen LogP contribution in [0.1, 0.15) is 42.4 Å². The highest BCUT2D eigenvalue weighted by atomic mass is 16.1. The molecule has 3 rings (SSSR count). The van der Waals surface area contributed by atoms with Crippen LogP contribution in [-0.2, 0) is 5.41 Å². The third kappa shape index (κ3) is 3.47. The van der Waals surface area contributed by atoms with Gasteiger partial charge in [-0.1, -0.05) is 51.1 Å². The fraction of sp³-hybridized carbons (Fsp3) is 0.238. The van der Waals surface area contributed by atoms with Gasteiger partial charge >= 0.3 is 0 Å². The Morgan fingerprint density at radius 1 is 1.08 bits per heavy atom.